The maximum absolute atomic E-state index is 6.49. The Morgan fingerprint density at radius 3 is 0.924 bits per heavy atom. The fourth-order valence-electron chi connectivity index (χ4n) is 21.2. The Balaban J connectivity index is 0.0000000991. The Bertz CT molecular complexity index is 9520. The van der Waals surface area contributed by atoms with Crippen LogP contribution >= 0.6 is 11.3 Å². The van der Waals surface area contributed by atoms with Crippen LogP contribution in [0.2, 0.25) is 0 Å². The summed E-state index contributed by atoms with van der Waals surface area (Å²) in [5.41, 5.74) is 18.6. The Morgan fingerprint density at radius 2 is 0.500 bits per heavy atom. The average molecular weight is 1700 g/mol. The molecule has 0 spiro atoms. The van der Waals surface area contributed by atoms with Crippen molar-refractivity contribution in [2.45, 2.75) is 0 Å². The van der Waals surface area contributed by atoms with Gasteiger partial charge in [-0.2, -0.15) is 0 Å². The largest absolute Gasteiger partial charge is 0.456 e. The van der Waals surface area contributed by atoms with Gasteiger partial charge < -0.3 is 8.83 Å². The SMILES string of the molecule is c1ccc2c(c1)ccc1c2c2c3ccccc3ccc2n1-c1nc(-c2ccc3oc4ccccc4c3c2)c2ccccc2n1.c1ccc2c(c1)ccc1c2c2c3ccccc3ccc2n1-c1nc(-c2cccc3c2oc2ccccc23)c2ccccc2n1.c1ccc2c(c1)ccc1c2c2c3ccccc3ccc2n1-c1nc(-c2cccc3c2sc2ccccc23)c2ccccc2n1. The monoisotopic (exact) mass is 1700 g/mol. The molecule has 0 aliphatic carbocycles. The van der Waals surface area contributed by atoms with Crippen LogP contribution < -0.4 is 0 Å². The Morgan fingerprint density at radius 1 is 0.197 bits per heavy atom. The lowest BCUT2D eigenvalue weighted by Gasteiger charge is -2.12. The van der Waals surface area contributed by atoms with Gasteiger partial charge in [0.05, 0.1) is 66.7 Å². The van der Waals surface area contributed by atoms with Gasteiger partial charge in [0.15, 0.2) is 0 Å². The summed E-state index contributed by atoms with van der Waals surface area (Å²) in [7, 11) is 0. The molecule has 12 heteroatoms. The summed E-state index contributed by atoms with van der Waals surface area (Å²) >= 11 is 1.84. The highest BCUT2D eigenvalue weighted by atomic mass is 32.1. The van der Waals surface area contributed by atoms with E-state index in [2.05, 4.69) is 390 Å². The number of aromatic nitrogens is 9. The first-order valence-electron chi connectivity index (χ1n) is 44.5. The van der Waals surface area contributed by atoms with Gasteiger partial charge in [0.25, 0.3) is 0 Å². The van der Waals surface area contributed by atoms with Crippen molar-refractivity contribution in [1.82, 2.24) is 43.6 Å². The second-order valence-electron chi connectivity index (χ2n) is 34.1. The smallest absolute Gasteiger partial charge is 0.235 e. The zero-order valence-electron chi connectivity index (χ0n) is 70.6. The highest BCUT2D eigenvalue weighted by Gasteiger charge is 2.28. The third-order valence-corrected chi connectivity index (χ3v) is 28.2. The van der Waals surface area contributed by atoms with Gasteiger partial charge in [-0.25, -0.2) is 29.9 Å². The molecule has 30 aromatic rings. The van der Waals surface area contributed by atoms with Crippen molar-refractivity contribution in [1.29, 1.82) is 0 Å². The lowest BCUT2D eigenvalue weighted by molar-refractivity contribution is 0.669. The van der Waals surface area contributed by atoms with Crippen LogP contribution in [0.15, 0.2) is 427 Å². The van der Waals surface area contributed by atoms with E-state index in [1.165, 1.54) is 117 Å². The van der Waals surface area contributed by atoms with E-state index in [4.69, 9.17) is 38.7 Å². The molecular formula is C120H69N9O2S. The molecule has 0 atom stereocenters. The molecule has 0 N–H and O–H groups in total. The predicted octanol–water partition coefficient (Wildman–Crippen LogP) is 32.3. The molecular weight excluding hydrogens is 1630 g/mol. The number of para-hydroxylation sites is 6. The van der Waals surface area contributed by atoms with Crippen LogP contribution in [0.25, 0.3) is 278 Å². The van der Waals surface area contributed by atoms with E-state index in [1.54, 1.807) is 0 Å². The van der Waals surface area contributed by atoms with Crippen molar-refractivity contribution in [3.8, 4) is 51.6 Å². The van der Waals surface area contributed by atoms with Gasteiger partial charge in [-0.1, -0.05) is 322 Å². The molecule has 21 aromatic carbocycles. The minimum Gasteiger partial charge on any atom is -0.456 e. The van der Waals surface area contributed by atoms with E-state index in [1.807, 2.05) is 53.8 Å². The summed E-state index contributed by atoms with van der Waals surface area (Å²) in [6.45, 7) is 0. The number of fused-ring (bicyclic) bond motifs is 33. The highest BCUT2D eigenvalue weighted by Crippen LogP contribution is 2.49. The number of nitrogens with zero attached hydrogens (tertiary/aromatic N) is 9. The van der Waals surface area contributed by atoms with Crippen LogP contribution in [-0.4, -0.2) is 43.6 Å². The molecule has 30 rings (SSSR count). The molecule has 612 valence electrons. The molecule has 0 saturated carbocycles. The molecule has 0 aliphatic heterocycles. The maximum atomic E-state index is 6.49. The van der Waals surface area contributed by atoms with E-state index >= 15 is 0 Å². The van der Waals surface area contributed by atoms with Gasteiger partial charge >= 0.3 is 0 Å². The second kappa shape index (κ2) is 29.0. The summed E-state index contributed by atoms with van der Waals surface area (Å²) < 4.78 is 21.9. The molecule has 0 radical (unpaired) electrons. The Labute approximate surface area is 755 Å². The molecule has 9 aromatic heterocycles. The van der Waals surface area contributed by atoms with Crippen molar-refractivity contribution < 1.29 is 8.83 Å². The number of benzene rings is 21. The zero-order chi connectivity index (χ0) is 86.3. The minimum absolute atomic E-state index is 0.636. The van der Waals surface area contributed by atoms with Crippen molar-refractivity contribution in [3.63, 3.8) is 0 Å². The fourth-order valence-corrected chi connectivity index (χ4v) is 22.4. The van der Waals surface area contributed by atoms with Gasteiger partial charge in [-0.05, 0) is 162 Å². The first-order valence-corrected chi connectivity index (χ1v) is 45.4. The predicted molar refractivity (Wildman–Crippen MR) is 550 cm³/mol. The lowest BCUT2D eigenvalue weighted by atomic mass is 10.00. The van der Waals surface area contributed by atoms with Crippen molar-refractivity contribution in [3.05, 3.63) is 419 Å². The van der Waals surface area contributed by atoms with Crippen LogP contribution in [0.3, 0.4) is 0 Å². The topological polar surface area (TPSA) is 118 Å². The van der Waals surface area contributed by atoms with E-state index < -0.39 is 0 Å². The number of hydrogen-bond donors (Lipinski definition) is 0. The van der Waals surface area contributed by atoms with Gasteiger partial charge in [-0.15, -0.1) is 11.3 Å². The lowest BCUT2D eigenvalue weighted by Crippen LogP contribution is -2.03. The molecule has 0 fully saturated rings. The van der Waals surface area contributed by atoms with Gasteiger partial charge in [-0.3, -0.25) is 13.7 Å². The molecule has 0 unspecified atom stereocenters. The van der Waals surface area contributed by atoms with Crippen molar-refractivity contribution in [2.75, 3.05) is 0 Å². The van der Waals surface area contributed by atoms with Crippen molar-refractivity contribution >= 4 is 238 Å². The van der Waals surface area contributed by atoms with Crippen molar-refractivity contribution in [2.24, 2.45) is 0 Å². The molecule has 11 nitrogen and oxygen atoms in total. The summed E-state index contributed by atoms with van der Waals surface area (Å²) in [5, 5.41) is 32.0. The molecule has 9 heterocycles. The molecule has 132 heavy (non-hydrogen) atoms. The van der Waals surface area contributed by atoms with Gasteiger partial charge in [0, 0.05) is 107 Å². The summed E-state index contributed by atoms with van der Waals surface area (Å²) in [5.74, 6) is 1.97. The molecule has 0 bridgehead atoms. The number of rotatable bonds is 6. The summed E-state index contributed by atoms with van der Waals surface area (Å²) in [6, 6.07) is 148. The number of furan rings is 2. The van der Waals surface area contributed by atoms with E-state index in [9.17, 15) is 0 Å². The third-order valence-electron chi connectivity index (χ3n) is 27.0. The fraction of sp³-hybridized carbons (Fsp3) is 0. The summed E-state index contributed by atoms with van der Waals surface area (Å²) in [6.07, 6.45) is 0. The second-order valence-corrected chi connectivity index (χ2v) is 35.2. The Kier molecular flexibility index (Phi) is 16.2. The number of hydrogen-bond acceptors (Lipinski definition) is 9. The van der Waals surface area contributed by atoms with Crippen LogP contribution in [-0.2, 0) is 0 Å². The summed E-state index contributed by atoms with van der Waals surface area (Å²) in [4.78, 5) is 31.9. The van der Waals surface area contributed by atoms with Gasteiger partial charge in [0.2, 0.25) is 17.8 Å². The first kappa shape index (κ1) is 73.6. The Hall–Kier alpha value is -17.6. The number of thiophene rings is 1. The van der Waals surface area contributed by atoms with Crippen LogP contribution in [0, 0.1) is 0 Å². The van der Waals surface area contributed by atoms with Gasteiger partial charge in [0.1, 0.15) is 22.3 Å². The van der Waals surface area contributed by atoms with E-state index in [0.29, 0.717) is 17.8 Å². The quantitative estimate of drug-likeness (QED) is 0.162. The highest BCUT2D eigenvalue weighted by molar-refractivity contribution is 7.26. The van der Waals surface area contributed by atoms with Crippen LogP contribution in [0.4, 0.5) is 0 Å². The zero-order valence-corrected chi connectivity index (χ0v) is 71.4. The molecule has 0 aliphatic rings. The average Bonchev–Trinajstić information content (AvgIpc) is 1.56. The van der Waals surface area contributed by atoms with E-state index in [0.717, 1.165) is 143 Å². The normalized spacial score (nSPS) is 12.1. The van der Waals surface area contributed by atoms with Crippen LogP contribution in [0.5, 0.6) is 0 Å². The van der Waals surface area contributed by atoms with E-state index in [-0.39, 0.29) is 0 Å². The van der Waals surface area contributed by atoms with Crippen LogP contribution in [0.1, 0.15) is 0 Å². The maximum Gasteiger partial charge on any atom is 0.235 e. The molecule has 0 saturated heterocycles. The first-order chi connectivity index (χ1) is 65.5. The molecule has 0 amide bonds. The minimum atomic E-state index is 0.636. The standard InChI is InChI=1S/2C40H23N3O.C40H23N3S/c1-3-12-26-24(10-1)20-22-33-36(26)37-27-13-4-2-11-25(27)21-23-34(37)43(33)40-41-32-18-7-5-15-30(32)38(42-40)31-17-9-16-29-28-14-6-8-19-35(28)44-39(29)31;1-3-11-27-24(9-1)17-20-33-37(27)38-28-12-4-2-10-25(28)18-21-34(38)43(33)40-41-32-15-7-5-14-30(32)39(42-40)26-19-22-36-31(23-26)29-13-6-8-16-35(29)44-36;1-3-12-26-24(10-1)20-22-33-36(26)37-27-13-4-2-11-25(27)21-23-34(37)43(33)40-41-32-18-7-5-15-30(32)38(42-40)31-17-9-16-29-28-14-6-8-19-35(28)44-39(29)31/h3*1-23H. The third kappa shape index (κ3) is 11.2.